The molecule has 0 bridgehead atoms. The van der Waals surface area contributed by atoms with Gasteiger partial charge in [-0.2, -0.15) is 5.26 Å². The minimum Gasteiger partial charge on any atom is -0.495 e. The molecule has 2 heterocycles. The smallest absolute Gasteiger partial charge is 0.274 e. The van der Waals surface area contributed by atoms with Gasteiger partial charge in [0.15, 0.2) is 0 Å². The summed E-state index contributed by atoms with van der Waals surface area (Å²) in [5, 5.41) is 13.2. The number of anilines is 1. The van der Waals surface area contributed by atoms with Crippen LogP contribution in [0.1, 0.15) is 11.3 Å². The Morgan fingerprint density at radius 1 is 1.30 bits per heavy atom. The van der Waals surface area contributed by atoms with Gasteiger partial charge in [-0.3, -0.25) is 9.59 Å². The first-order chi connectivity index (χ1) is 12.9. The predicted molar refractivity (Wildman–Crippen MR) is 105 cm³/mol. The molecule has 0 saturated heterocycles. The van der Waals surface area contributed by atoms with E-state index in [1.54, 1.807) is 30.3 Å². The van der Waals surface area contributed by atoms with E-state index < -0.39 is 0 Å². The number of aromatic nitrogens is 2. The van der Waals surface area contributed by atoms with Crippen LogP contribution in [0, 0.1) is 11.3 Å². The zero-order valence-corrected chi connectivity index (χ0v) is 15.6. The number of nitrogens with one attached hydrogen (secondary N) is 2. The van der Waals surface area contributed by atoms with Crippen LogP contribution in [0.15, 0.2) is 39.9 Å². The maximum atomic E-state index is 12.3. The van der Waals surface area contributed by atoms with Gasteiger partial charge in [-0.1, -0.05) is 11.6 Å². The monoisotopic (exact) mass is 384 g/mol. The van der Waals surface area contributed by atoms with Crippen molar-refractivity contribution < 1.29 is 4.74 Å². The lowest BCUT2D eigenvalue weighted by Crippen LogP contribution is -2.24. The maximum Gasteiger partial charge on any atom is 0.274 e. The Bertz CT molecular complexity index is 1170. The Morgan fingerprint density at radius 2 is 2.07 bits per heavy atom. The van der Waals surface area contributed by atoms with Crippen molar-refractivity contribution in [1.29, 1.82) is 5.26 Å². The summed E-state index contributed by atoms with van der Waals surface area (Å²) in [5.41, 5.74) is 1.37. The zero-order valence-electron chi connectivity index (χ0n) is 14.8. The normalized spacial score (nSPS) is 10.6. The molecule has 3 rings (SSSR count). The van der Waals surface area contributed by atoms with Crippen molar-refractivity contribution in [3.05, 3.63) is 67.3 Å². The Morgan fingerprint density at radius 3 is 2.78 bits per heavy atom. The summed E-state index contributed by atoms with van der Waals surface area (Å²) in [6.07, 6.45) is 0.415. The molecule has 0 saturated carbocycles. The van der Waals surface area contributed by atoms with Crippen molar-refractivity contribution in [2.24, 2.45) is 7.05 Å². The summed E-state index contributed by atoms with van der Waals surface area (Å²) >= 11 is 6.15. The third-order valence-corrected chi connectivity index (χ3v) is 4.62. The van der Waals surface area contributed by atoms with Crippen molar-refractivity contribution >= 4 is 28.2 Å². The minimum atomic E-state index is -0.291. The van der Waals surface area contributed by atoms with Crippen LogP contribution >= 0.6 is 11.6 Å². The van der Waals surface area contributed by atoms with E-state index in [1.807, 2.05) is 6.07 Å². The van der Waals surface area contributed by atoms with Gasteiger partial charge in [0.1, 0.15) is 23.2 Å². The number of ether oxygens (including phenoxy) is 1. The number of halogens is 1. The number of fused-ring (bicyclic) bond motifs is 1. The third kappa shape index (κ3) is 3.66. The second-order valence-corrected chi connectivity index (χ2v) is 6.39. The van der Waals surface area contributed by atoms with Gasteiger partial charge in [0.2, 0.25) is 0 Å². The molecule has 0 amide bonds. The number of methoxy groups -OCH3 is 1. The summed E-state index contributed by atoms with van der Waals surface area (Å²) in [6, 6.07) is 10.3. The van der Waals surface area contributed by atoms with Crippen molar-refractivity contribution in [2.75, 3.05) is 19.0 Å². The largest absolute Gasteiger partial charge is 0.495 e. The van der Waals surface area contributed by atoms with Crippen LogP contribution in [0.2, 0.25) is 5.02 Å². The number of nitriles is 1. The van der Waals surface area contributed by atoms with E-state index >= 15 is 0 Å². The van der Waals surface area contributed by atoms with Crippen LogP contribution in [0.4, 0.5) is 5.69 Å². The van der Waals surface area contributed by atoms with E-state index in [-0.39, 0.29) is 16.8 Å². The summed E-state index contributed by atoms with van der Waals surface area (Å²) < 4.78 is 6.44. The van der Waals surface area contributed by atoms with Gasteiger partial charge in [-0.25, -0.2) is 0 Å². The number of nitrogens with zero attached hydrogens (tertiary/aromatic N) is 2. The first kappa shape index (κ1) is 18.5. The highest BCUT2D eigenvalue weighted by atomic mass is 35.5. The fourth-order valence-corrected chi connectivity index (χ4v) is 3.06. The molecule has 7 nitrogen and oxygen atoms in total. The average Bonchev–Trinajstić information content (AvgIpc) is 2.65. The van der Waals surface area contributed by atoms with Crippen LogP contribution in [0.3, 0.4) is 0 Å². The molecule has 0 atom stereocenters. The van der Waals surface area contributed by atoms with Crippen molar-refractivity contribution in [1.82, 2.24) is 9.55 Å². The van der Waals surface area contributed by atoms with E-state index in [9.17, 15) is 9.59 Å². The molecule has 0 fully saturated rings. The van der Waals surface area contributed by atoms with E-state index in [0.29, 0.717) is 40.5 Å². The number of aromatic amines is 1. The van der Waals surface area contributed by atoms with Crippen LogP contribution in [-0.4, -0.2) is 23.2 Å². The van der Waals surface area contributed by atoms with E-state index in [4.69, 9.17) is 21.6 Å². The Balaban J connectivity index is 1.81. The fourth-order valence-electron chi connectivity index (χ4n) is 2.81. The molecule has 0 aliphatic rings. The molecule has 0 aliphatic carbocycles. The van der Waals surface area contributed by atoms with Gasteiger partial charge in [-0.15, -0.1) is 0 Å². The lowest BCUT2D eigenvalue weighted by Gasteiger charge is -2.09. The molecule has 0 radical (unpaired) electrons. The first-order valence-corrected chi connectivity index (χ1v) is 8.56. The van der Waals surface area contributed by atoms with Crippen LogP contribution < -0.4 is 21.2 Å². The van der Waals surface area contributed by atoms with Gasteiger partial charge in [0, 0.05) is 30.6 Å². The van der Waals surface area contributed by atoms with Gasteiger partial charge in [-0.05, 0) is 30.7 Å². The van der Waals surface area contributed by atoms with Gasteiger partial charge >= 0.3 is 0 Å². The molecule has 0 aliphatic heterocycles. The molecular formula is C19H17ClN4O3. The second-order valence-electron chi connectivity index (χ2n) is 5.98. The van der Waals surface area contributed by atoms with E-state index in [2.05, 4.69) is 10.3 Å². The summed E-state index contributed by atoms with van der Waals surface area (Å²) in [5.74, 6) is 0.492. The number of H-pyrrole nitrogens is 1. The van der Waals surface area contributed by atoms with Gasteiger partial charge in [0.05, 0.1) is 17.6 Å². The third-order valence-electron chi connectivity index (χ3n) is 4.32. The first-order valence-electron chi connectivity index (χ1n) is 8.18. The molecule has 27 heavy (non-hydrogen) atoms. The highest BCUT2D eigenvalue weighted by Crippen LogP contribution is 2.28. The number of hydrogen-bond donors (Lipinski definition) is 2. The molecule has 3 aromatic rings. The van der Waals surface area contributed by atoms with Crippen molar-refractivity contribution in [2.45, 2.75) is 6.42 Å². The van der Waals surface area contributed by atoms with Crippen molar-refractivity contribution in [3.8, 4) is 11.8 Å². The fraction of sp³-hybridized carbons (Fsp3) is 0.211. The molecule has 1 aromatic carbocycles. The second kappa shape index (κ2) is 7.56. The molecule has 0 spiro atoms. The quantitative estimate of drug-likeness (QED) is 0.703. The number of pyridine rings is 2. The van der Waals surface area contributed by atoms with Crippen molar-refractivity contribution in [3.63, 3.8) is 0 Å². The highest BCUT2D eigenvalue weighted by molar-refractivity contribution is 6.32. The van der Waals surface area contributed by atoms with Crippen LogP contribution in [0.25, 0.3) is 10.9 Å². The molecule has 8 heteroatoms. The standard InChI is InChI=1S/C19H17ClN4O3/c1-24-13(10-21)3-4-15(19(24)26)22-6-5-11-7-12-8-14(20)17(27-2)9-16(12)23-18(11)25/h3-4,7-9,22H,5-6H2,1-2H3,(H,23,25). The lowest BCUT2D eigenvalue weighted by atomic mass is 10.1. The SMILES string of the molecule is COc1cc2[nH]c(=O)c(CCNc3ccc(C#N)n(C)c3=O)cc2cc1Cl. The minimum absolute atomic E-state index is 0.207. The van der Waals surface area contributed by atoms with E-state index in [0.717, 1.165) is 5.39 Å². The van der Waals surface area contributed by atoms with E-state index in [1.165, 1.54) is 18.7 Å². The molecular weight excluding hydrogens is 368 g/mol. The van der Waals surface area contributed by atoms with Crippen LogP contribution in [0.5, 0.6) is 5.75 Å². The molecule has 0 unspecified atom stereocenters. The van der Waals surface area contributed by atoms with Crippen LogP contribution in [-0.2, 0) is 13.5 Å². The summed E-state index contributed by atoms with van der Waals surface area (Å²) in [7, 11) is 3.05. The van der Waals surface area contributed by atoms with Gasteiger partial charge in [0.25, 0.3) is 11.1 Å². The topological polar surface area (TPSA) is 99.9 Å². The summed E-state index contributed by atoms with van der Waals surface area (Å²) in [6.45, 7) is 0.389. The Labute approximate surface area is 159 Å². The molecule has 2 aromatic heterocycles. The van der Waals surface area contributed by atoms with Gasteiger partial charge < -0.3 is 19.6 Å². The average molecular weight is 385 g/mol. The molecule has 2 N–H and O–H groups in total. The summed E-state index contributed by atoms with van der Waals surface area (Å²) in [4.78, 5) is 27.3. The molecule has 138 valence electrons. The number of benzene rings is 1. The Hall–Kier alpha value is -3.24. The lowest BCUT2D eigenvalue weighted by molar-refractivity contribution is 0.415. The highest BCUT2D eigenvalue weighted by Gasteiger charge is 2.09. The zero-order chi connectivity index (χ0) is 19.6. The maximum absolute atomic E-state index is 12.3. The number of hydrogen-bond acceptors (Lipinski definition) is 5. The predicted octanol–water partition coefficient (Wildman–Crippen LogP) is 2.42. The Kier molecular flexibility index (Phi) is 5.19. The number of rotatable bonds is 5.